The zero-order valence-corrected chi connectivity index (χ0v) is 12.5. The van der Waals surface area contributed by atoms with Gasteiger partial charge in [-0.3, -0.25) is 0 Å². The standard InChI is InChI=1S/C17H19ClFN/c1-12(2)14-8-6-13(7-9-14)10-20-11-15-16(18)4-3-5-17(15)19/h3-9,12,20H,10-11H2,1-2H3. The Bertz CT molecular complexity index is 543. The predicted octanol–water partition coefficient (Wildman–Crippen LogP) is 4.89. The predicted molar refractivity (Wildman–Crippen MR) is 82.5 cm³/mol. The number of benzene rings is 2. The van der Waals surface area contributed by atoms with Crippen molar-refractivity contribution in [2.24, 2.45) is 0 Å². The van der Waals surface area contributed by atoms with Crippen molar-refractivity contribution in [2.45, 2.75) is 32.9 Å². The van der Waals surface area contributed by atoms with Crippen LogP contribution in [-0.4, -0.2) is 0 Å². The molecule has 2 aromatic rings. The van der Waals surface area contributed by atoms with Gasteiger partial charge in [-0.15, -0.1) is 0 Å². The fourth-order valence-electron chi connectivity index (χ4n) is 2.05. The lowest BCUT2D eigenvalue weighted by molar-refractivity contribution is 0.588. The van der Waals surface area contributed by atoms with E-state index in [0.29, 0.717) is 29.6 Å². The number of hydrogen-bond acceptors (Lipinski definition) is 1. The molecule has 0 amide bonds. The zero-order chi connectivity index (χ0) is 14.5. The molecule has 1 nitrogen and oxygen atoms in total. The molecule has 0 fully saturated rings. The Morgan fingerprint density at radius 3 is 2.35 bits per heavy atom. The van der Waals surface area contributed by atoms with Crippen molar-refractivity contribution < 1.29 is 4.39 Å². The molecule has 0 saturated carbocycles. The van der Waals surface area contributed by atoms with Crippen LogP contribution in [0, 0.1) is 5.82 Å². The summed E-state index contributed by atoms with van der Waals surface area (Å²) in [5.41, 5.74) is 3.03. The lowest BCUT2D eigenvalue weighted by Gasteiger charge is -2.09. The molecule has 0 atom stereocenters. The highest BCUT2D eigenvalue weighted by Gasteiger charge is 2.06. The van der Waals surface area contributed by atoms with Crippen molar-refractivity contribution in [1.29, 1.82) is 0 Å². The van der Waals surface area contributed by atoms with Crippen molar-refractivity contribution in [3.05, 3.63) is 70.0 Å². The molecule has 0 unspecified atom stereocenters. The number of hydrogen-bond donors (Lipinski definition) is 1. The molecule has 0 saturated heterocycles. The van der Waals surface area contributed by atoms with Gasteiger partial charge in [0.15, 0.2) is 0 Å². The van der Waals surface area contributed by atoms with E-state index >= 15 is 0 Å². The fourth-order valence-corrected chi connectivity index (χ4v) is 2.28. The Balaban J connectivity index is 1.93. The first-order valence-corrected chi connectivity index (χ1v) is 7.18. The minimum absolute atomic E-state index is 0.264. The summed E-state index contributed by atoms with van der Waals surface area (Å²) in [7, 11) is 0. The van der Waals surface area contributed by atoms with E-state index in [0.717, 1.165) is 0 Å². The van der Waals surface area contributed by atoms with Crippen LogP contribution in [0.1, 0.15) is 36.5 Å². The van der Waals surface area contributed by atoms with Gasteiger partial charge in [-0.05, 0) is 29.2 Å². The number of nitrogens with one attached hydrogen (secondary N) is 1. The average Bonchev–Trinajstić information content (AvgIpc) is 2.42. The third kappa shape index (κ3) is 3.81. The summed E-state index contributed by atoms with van der Waals surface area (Å²) in [6.07, 6.45) is 0. The molecule has 0 spiro atoms. The first kappa shape index (κ1) is 15.0. The van der Waals surface area contributed by atoms with Crippen molar-refractivity contribution in [3.8, 4) is 0 Å². The first-order valence-electron chi connectivity index (χ1n) is 6.80. The molecule has 0 aliphatic heterocycles. The summed E-state index contributed by atoms with van der Waals surface area (Å²) in [5, 5.41) is 3.69. The van der Waals surface area contributed by atoms with E-state index in [1.54, 1.807) is 12.1 Å². The van der Waals surface area contributed by atoms with E-state index in [-0.39, 0.29) is 5.82 Å². The molecule has 0 aliphatic carbocycles. The Hall–Kier alpha value is -1.38. The van der Waals surface area contributed by atoms with Crippen LogP contribution in [0.15, 0.2) is 42.5 Å². The third-order valence-corrected chi connectivity index (χ3v) is 3.69. The van der Waals surface area contributed by atoms with E-state index < -0.39 is 0 Å². The molecular weight excluding hydrogens is 273 g/mol. The van der Waals surface area contributed by atoms with Crippen LogP contribution in [0.5, 0.6) is 0 Å². The van der Waals surface area contributed by atoms with E-state index in [1.807, 2.05) is 0 Å². The van der Waals surface area contributed by atoms with Crippen LogP contribution in [-0.2, 0) is 13.1 Å². The van der Waals surface area contributed by atoms with Gasteiger partial charge in [0.25, 0.3) is 0 Å². The smallest absolute Gasteiger partial charge is 0.129 e. The number of rotatable bonds is 5. The molecule has 2 rings (SSSR count). The Morgan fingerprint density at radius 1 is 1.05 bits per heavy atom. The average molecular weight is 292 g/mol. The highest BCUT2D eigenvalue weighted by Crippen LogP contribution is 2.19. The van der Waals surface area contributed by atoms with E-state index in [2.05, 4.69) is 43.4 Å². The minimum atomic E-state index is -0.264. The van der Waals surface area contributed by atoms with Gasteiger partial charge in [0.1, 0.15) is 5.82 Å². The monoisotopic (exact) mass is 291 g/mol. The van der Waals surface area contributed by atoms with Gasteiger partial charge in [0.05, 0.1) is 0 Å². The molecule has 0 bridgehead atoms. The molecule has 2 aromatic carbocycles. The normalized spacial score (nSPS) is 11.1. The quantitative estimate of drug-likeness (QED) is 0.827. The van der Waals surface area contributed by atoms with Crippen molar-refractivity contribution in [2.75, 3.05) is 0 Å². The summed E-state index contributed by atoms with van der Waals surface area (Å²) in [5.74, 6) is 0.273. The molecule has 0 heterocycles. The van der Waals surface area contributed by atoms with Crippen LogP contribution in [0.2, 0.25) is 5.02 Å². The summed E-state index contributed by atoms with van der Waals surface area (Å²) >= 11 is 5.99. The van der Waals surface area contributed by atoms with Crippen LogP contribution >= 0.6 is 11.6 Å². The van der Waals surface area contributed by atoms with E-state index in [4.69, 9.17) is 11.6 Å². The van der Waals surface area contributed by atoms with Gasteiger partial charge in [-0.1, -0.05) is 55.8 Å². The van der Waals surface area contributed by atoms with Crippen molar-refractivity contribution >= 4 is 11.6 Å². The van der Waals surface area contributed by atoms with Crippen LogP contribution in [0.3, 0.4) is 0 Å². The zero-order valence-electron chi connectivity index (χ0n) is 11.8. The second-order valence-corrected chi connectivity index (χ2v) is 5.61. The Kier molecular flexibility index (Phi) is 5.16. The summed E-state index contributed by atoms with van der Waals surface area (Å²) in [6.45, 7) is 5.47. The first-order chi connectivity index (χ1) is 9.58. The second-order valence-electron chi connectivity index (χ2n) is 5.20. The molecule has 0 aliphatic rings. The lowest BCUT2D eigenvalue weighted by atomic mass is 10.0. The Morgan fingerprint density at radius 2 is 1.75 bits per heavy atom. The van der Waals surface area contributed by atoms with Gasteiger partial charge in [-0.2, -0.15) is 0 Å². The topological polar surface area (TPSA) is 12.0 Å². The van der Waals surface area contributed by atoms with Gasteiger partial charge >= 0.3 is 0 Å². The molecule has 106 valence electrons. The summed E-state index contributed by atoms with van der Waals surface area (Å²) < 4.78 is 13.6. The van der Waals surface area contributed by atoms with Crippen LogP contribution in [0.4, 0.5) is 4.39 Å². The Labute approximate surface area is 124 Å². The SMILES string of the molecule is CC(C)c1ccc(CNCc2c(F)cccc2Cl)cc1. The van der Waals surface area contributed by atoms with E-state index in [1.165, 1.54) is 17.2 Å². The summed E-state index contributed by atoms with van der Waals surface area (Å²) in [6, 6.07) is 13.2. The van der Waals surface area contributed by atoms with E-state index in [9.17, 15) is 4.39 Å². The largest absolute Gasteiger partial charge is 0.308 e. The molecule has 20 heavy (non-hydrogen) atoms. The fraction of sp³-hybridized carbons (Fsp3) is 0.294. The minimum Gasteiger partial charge on any atom is -0.308 e. The second kappa shape index (κ2) is 6.87. The van der Waals surface area contributed by atoms with Crippen LogP contribution < -0.4 is 5.32 Å². The third-order valence-electron chi connectivity index (χ3n) is 3.34. The van der Waals surface area contributed by atoms with Crippen molar-refractivity contribution in [1.82, 2.24) is 5.32 Å². The van der Waals surface area contributed by atoms with Crippen molar-refractivity contribution in [3.63, 3.8) is 0 Å². The highest BCUT2D eigenvalue weighted by atomic mass is 35.5. The molecule has 3 heteroatoms. The summed E-state index contributed by atoms with van der Waals surface area (Å²) in [4.78, 5) is 0. The van der Waals surface area contributed by atoms with Gasteiger partial charge < -0.3 is 5.32 Å². The molecule has 0 radical (unpaired) electrons. The molecular formula is C17H19ClFN. The maximum Gasteiger partial charge on any atom is 0.129 e. The van der Waals surface area contributed by atoms with Gasteiger partial charge in [-0.25, -0.2) is 4.39 Å². The van der Waals surface area contributed by atoms with Crippen LogP contribution in [0.25, 0.3) is 0 Å². The maximum absolute atomic E-state index is 13.6. The lowest BCUT2D eigenvalue weighted by Crippen LogP contribution is -2.14. The highest BCUT2D eigenvalue weighted by molar-refractivity contribution is 6.31. The van der Waals surface area contributed by atoms with Gasteiger partial charge in [0, 0.05) is 23.7 Å². The molecule has 0 aromatic heterocycles. The van der Waals surface area contributed by atoms with Gasteiger partial charge in [0.2, 0.25) is 0 Å². The maximum atomic E-state index is 13.6. The number of halogens is 2. The molecule has 1 N–H and O–H groups in total.